The maximum atomic E-state index is 13.7. The fourth-order valence-electron chi connectivity index (χ4n) is 5.93. The molecule has 1 aliphatic rings. The van der Waals surface area contributed by atoms with Crippen molar-refractivity contribution in [1.29, 1.82) is 0 Å². The number of hydrogen-bond donors (Lipinski definition) is 2. The van der Waals surface area contributed by atoms with Gasteiger partial charge in [-0.15, -0.1) is 5.10 Å². The number of esters is 1. The van der Waals surface area contributed by atoms with Crippen LogP contribution >= 0.6 is 11.6 Å². The van der Waals surface area contributed by atoms with E-state index in [0.29, 0.717) is 43.6 Å². The summed E-state index contributed by atoms with van der Waals surface area (Å²) in [6.07, 6.45) is 3.79. The Hall–Kier alpha value is -4.98. The summed E-state index contributed by atoms with van der Waals surface area (Å²) in [6.45, 7) is 6.41. The number of benzene rings is 2. The minimum atomic E-state index is -0.551. The van der Waals surface area contributed by atoms with Gasteiger partial charge in [0.15, 0.2) is 5.82 Å². The van der Waals surface area contributed by atoms with E-state index in [4.69, 9.17) is 31.2 Å². The molecule has 0 radical (unpaired) electrons. The van der Waals surface area contributed by atoms with E-state index in [-0.39, 0.29) is 30.6 Å². The van der Waals surface area contributed by atoms with Gasteiger partial charge >= 0.3 is 5.97 Å². The van der Waals surface area contributed by atoms with Crippen LogP contribution in [0.3, 0.4) is 0 Å². The third-order valence-electron chi connectivity index (χ3n) is 8.51. The molecule has 6 rings (SSSR count). The molecule has 4 heterocycles. The van der Waals surface area contributed by atoms with Gasteiger partial charge < -0.3 is 14.8 Å². The average Bonchev–Trinajstić information content (AvgIpc) is 3.81. The van der Waals surface area contributed by atoms with Gasteiger partial charge in [-0.3, -0.25) is 24.2 Å². The molecule has 1 aliphatic heterocycles. The van der Waals surface area contributed by atoms with Crippen molar-refractivity contribution < 1.29 is 19.1 Å². The number of carbonyl (C=O) groups is 2. The van der Waals surface area contributed by atoms with Crippen LogP contribution in [-0.4, -0.2) is 97.7 Å². The molecule has 14 heteroatoms. The van der Waals surface area contributed by atoms with Gasteiger partial charge in [0.05, 0.1) is 31.9 Å². The first kappa shape index (κ1) is 34.9. The van der Waals surface area contributed by atoms with Gasteiger partial charge in [0.2, 0.25) is 0 Å². The minimum absolute atomic E-state index is 0.00328. The Kier molecular flexibility index (Phi) is 11.9. The molecule has 1 unspecified atom stereocenters. The molecule has 0 spiro atoms. The molecule has 0 saturated carbocycles. The molecule has 0 bridgehead atoms. The number of H-pyrrole nitrogens is 1. The second-order valence-corrected chi connectivity index (χ2v) is 12.5. The third-order valence-corrected chi connectivity index (χ3v) is 8.88. The van der Waals surface area contributed by atoms with E-state index >= 15 is 0 Å². The van der Waals surface area contributed by atoms with Gasteiger partial charge in [0.1, 0.15) is 12.3 Å². The van der Waals surface area contributed by atoms with E-state index in [0.717, 1.165) is 59.6 Å². The zero-order valence-electron chi connectivity index (χ0n) is 27.9. The quantitative estimate of drug-likeness (QED) is 0.151. The second-order valence-electron chi connectivity index (χ2n) is 12.1. The van der Waals surface area contributed by atoms with Crippen LogP contribution < -0.4 is 5.32 Å². The number of nitrogens with one attached hydrogen (secondary N) is 2. The number of tetrazole rings is 1. The number of morpholine rings is 1. The zero-order valence-corrected chi connectivity index (χ0v) is 28.7. The van der Waals surface area contributed by atoms with Gasteiger partial charge in [-0.2, -0.15) is 5.10 Å². The number of aromatic nitrogens is 7. The van der Waals surface area contributed by atoms with E-state index in [1.54, 1.807) is 6.07 Å². The van der Waals surface area contributed by atoms with Crippen molar-refractivity contribution in [3.05, 3.63) is 100 Å². The molecule has 1 fully saturated rings. The Labute approximate surface area is 295 Å². The van der Waals surface area contributed by atoms with Crippen LogP contribution in [0.5, 0.6) is 0 Å². The molecular weight excluding hydrogens is 658 g/mol. The minimum Gasteiger partial charge on any atom is -0.464 e. The number of amides is 1. The smallest absolute Gasteiger partial charge is 0.307 e. The molecule has 13 nitrogen and oxygen atoms in total. The highest BCUT2D eigenvalue weighted by molar-refractivity contribution is 6.31. The van der Waals surface area contributed by atoms with Gasteiger partial charge in [0.25, 0.3) is 5.91 Å². The molecule has 1 atom stereocenters. The van der Waals surface area contributed by atoms with Crippen molar-refractivity contribution in [3.63, 3.8) is 0 Å². The van der Waals surface area contributed by atoms with Crippen LogP contribution in [0.2, 0.25) is 5.02 Å². The Balaban J connectivity index is 1.14. The van der Waals surface area contributed by atoms with Crippen LogP contribution in [0.15, 0.2) is 72.9 Å². The summed E-state index contributed by atoms with van der Waals surface area (Å²) >= 11 is 6.46. The van der Waals surface area contributed by atoms with Gasteiger partial charge in [-0.05, 0) is 52.6 Å². The first-order valence-electron chi connectivity index (χ1n) is 16.8. The van der Waals surface area contributed by atoms with Gasteiger partial charge in [-0.1, -0.05) is 73.5 Å². The molecule has 2 N–H and O–H groups in total. The lowest BCUT2D eigenvalue weighted by molar-refractivity contribution is -0.144. The summed E-state index contributed by atoms with van der Waals surface area (Å²) < 4.78 is 12.8. The van der Waals surface area contributed by atoms with Crippen molar-refractivity contribution in [3.8, 4) is 22.6 Å². The van der Waals surface area contributed by atoms with E-state index in [9.17, 15) is 9.59 Å². The summed E-state index contributed by atoms with van der Waals surface area (Å²) in [5, 5.41) is 22.6. The Morgan fingerprint density at radius 2 is 1.86 bits per heavy atom. The fourth-order valence-corrected chi connectivity index (χ4v) is 6.15. The number of ether oxygens (including phenoxy) is 2. The number of aromatic amines is 1. The van der Waals surface area contributed by atoms with E-state index < -0.39 is 6.04 Å². The summed E-state index contributed by atoms with van der Waals surface area (Å²) in [5.41, 5.74) is 5.48. The SMILES string of the molecule is CCCc1cc(C(=O)NC(CC(=O)OCCN2CCOCC2)Cc2ccccc2Cl)nn1Cc1ccc(-c2ccccc2-c2nnn[nH]2)nc1. The first-order chi connectivity index (χ1) is 24.5. The highest BCUT2D eigenvalue weighted by Gasteiger charge is 2.23. The molecule has 260 valence electrons. The van der Waals surface area contributed by atoms with E-state index in [2.05, 4.69) is 37.8 Å². The van der Waals surface area contributed by atoms with Gasteiger partial charge in [-0.25, -0.2) is 5.10 Å². The molecule has 2 aromatic carbocycles. The predicted molar refractivity (Wildman–Crippen MR) is 187 cm³/mol. The molecule has 1 amide bonds. The fraction of sp³-hybridized carbons (Fsp3) is 0.361. The lowest BCUT2D eigenvalue weighted by Gasteiger charge is -2.26. The number of carbonyl (C=O) groups excluding carboxylic acids is 2. The predicted octanol–water partition coefficient (Wildman–Crippen LogP) is 4.39. The number of aryl methyl sites for hydroxylation is 1. The summed E-state index contributed by atoms with van der Waals surface area (Å²) in [7, 11) is 0. The standard InChI is InChI=1S/C36H40ClN9O4/c1-2-7-28-22-33(42-46(28)24-25-12-13-32(38-23-25)29-9-4-5-10-30(29)35-40-43-44-41-35)36(48)39-27(20-26-8-3-6-11-31(26)37)21-34(47)50-19-16-45-14-17-49-18-15-45/h3-6,8-13,22-23,27H,2,7,14-21,24H2,1H3,(H,39,48)(H,40,41,43,44). The van der Waals surface area contributed by atoms with Crippen molar-refractivity contribution in [1.82, 2.24) is 45.6 Å². The van der Waals surface area contributed by atoms with Crippen molar-refractivity contribution in [2.45, 2.75) is 45.2 Å². The monoisotopic (exact) mass is 697 g/mol. The van der Waals surface area contributed by atoms with Crippen LogP contribution in [0, 0.1) is 0 Å². The molecule has 50 heavy (non-hydrogen) atoms. The number of halogens is 1. The Morgan fingerprint density at radius 3 is 2.60 bits per heavy atom. The normalized spacial score (nSPS) is 14.0. The number of hydrogen-bond acceptors (Lipinski definition) is 10. The maximum Gasteiger partial charge on any atom is 0.307 e. The van der Waals surface area contributed by atoms with E-state index in [1.807, 2.05) is 71.5 Å². The lowest BCUT2D eigenvalue weighted by Crippen LogP contribution is -2.40. The number of rotatable bonds is 15. The molecule has 5 aromatic rings. The average molecular weight is 698 g/mol. The summed E-state index contributed by atoms with van der Waals surface area (Å²) in [5.74, 6) is -0.192. The van der Waals surface area contributed by atoms with Crippen LogP contribution in [0.1, 0.15) is 47.1 Å². The topological polar surface area (TPSA) is 153 Å². The summed E-state index contributed by atoms with van der Waals surface area (Å²) in [6, 6.07) is 20.4. The molecular formula is C36H40ClN9O4. The van der Waals surface area contributed by atoms with Crippen molar-refractivity contribution in [2.75, 3.05) is 39.5 Å². The third kappa shape index (κ3) is 9.17. The summed E-state index contributed by atoms with van der Waals surface area (Å²) in [4.78, 5) is 33.5. The van der Waals surface area contributed by atoms with Crippen LogP contribution in [0.25, 0.3) is 22.6 Å². The van der Waals surface area contributed by atoms with Crippen LogP contribution in [-0.2, 0) is 33.7 Å². The highest BCUT2D eigenvalue weighted by Crippen LogP contribution is 2.28. The molecule has 0 aliphatic carbocycles. The molecule has 1 saturated heterocycles. The number of nitrogens with zero attached hydrogens (tertiary/aromatic N) is 7. The van der Waals surface area contributed by atoms with Crippen LogP contribution in [0.4, 0.5) is 0 Å². The van der Waals surface area contributed by atoms with Gasteiger partial charge in [0, 0.05) is 53.7 Å². The lowest BCUT2D eigenvalue weighted by atomic mass is 10.0. The van der Waals surface area contributed by atoms with Crippen molar-refractivity contribution in [2.24, 2.45) is 0 Å². The Morgan fingerprint density at radius 1 is 1.06 bits per heavy atom. The maximum absolute atomic E-state index is 13.7. The second kappa shape index (κ2) is 17.1. The van der Waals surface area contributed by atoms with E-state index in [1.165, 1.54) is 0 Å². The molecule has 3 aromatic heterocycles. The largest absolute Gasteiger partial charge is 0.464 e. The zero-order chi connectivity index (χ0) is 34.7. The number of pyridine rings is 1. The Bertz CT molecular complexity index is 1860. The van der Waals surface area contributed by atoms with Crippen molar-refractivity contribution >= 4 is 23.5 Å². The highest BCUT2D eigenvalue weighted by atomic mass is 35.5. The first-order valence-corrected chi connectivity index (χ1v) is 17.2.